The molecule has 0 aliphatic carbocycles. The number of nitrogens with zero attached hydrogens (tertiary/aromatic N) is 4. The van der Waals surface area contributed by atoms with E-state index in [-0.39, 0.29) is 45.1 Å². The molecule has 19 heteroatoms. The van der Waals surface area contributed by atoms with Gasteiger partial charge in [0.2, 0.25) is 12.0 Å². The number of β-lactam (4-membered cyclic amide) rings is 1. The van der Waals surface area contributed by atoms with Crippen molar-refractivity contribution in [3.63, 3.8) is 0 Å². The summed E-state index contributed by atoms with van der Waals surface area (Å²) >= 11 is 8.44. The fraction of sp³-hybridized carbons (Fsp3) is 0.452. The molecule has 0 radical (unpaired) electrons. The first kappa shape index (κ1) is 36.9. The largest absolute Gasteiger partial charge is 0.504 e. The summed E-state index contributed by atoms with van der Waals surface area (Å²) in [6.07, 6.45) is 1.05. The number of benzene rings is 1. The standard InChI is InChI=1S/C31H35ClN6O10S2/c1-15(29(44)45)48-36-22(23-25(32)50-31(33)35-23)21(41)12-18-27(43)37-24(30(46)47)17(14-49-28(18)37)13-38(8-3-2-4-9-38)10-7-34-26(42)16-5-6-19(39)20(40)11-16/h5-6,11,15,18,28H,2-4,7-10,12-14H2,1H3,(H6-,33,34,35,36,39,40,41,42,44,45,46,47)/p+1/t15-,18?,28?/m0/s1. The number of anilines is 1. The normalized spacial score (nSPS) is 20.8. The van der Waals surface area contributed by atoms with E-state index in [1.54, 1.807) is 0 Å². The summed E-state index contributed by atoms with van der Waals surface area (Å²) in [7, 11) is 0. The Morgan fingerprint density at radius 3 is 2.52 bits per heavy atom. The van der Waals surface area contributed by atoms with E-state index >= 15 is 0 Å². The van der Waals surface area contributed by atoms with Crippen molar-refractivity contribution in [2.75, 3.05) is 44.2 Å². The van der Waals surface area contributed by atoms with E-state index in [0.717, 1.165) is 43.7 Å². The molecule has 2 fully saturated rings. The van der Waals surface area contributed by atoms with Crippen molar-refractivity contribution < 1.29 is 53.7 Å². The molecule has 2 aromatic rings. The average Bonchev–Trinajstić information content (AvgIpc) is 3.41. The Morgan fingerprint density at radius 2 is 1.90 bits per heavy atom. The summed E-state index contributed by atoms with van der Waals surface area (Å²) in [5.41, 5.74) is 5.87. The number of aliphatic carboxylic acids is 2. The number of carboxylic acid groups (broad SMARTS) is 2. The molecule has 3 aliphatic heterocycles. The van der Waals surface area contributed by atoms with Crippen molar-refractivity contribution in [3.8, 4) is 11.5 Å². The van der Waals surface area contributed by atoms with Crippen molar-refractivity contribution in [3.05, 3.63) is 45.1 Å². The molecule has 4 heterocycles. The van der Waals surface area contributed by atoms with Crippen LogP contribution in [0, 0.1) is 5.92 Å². The quantitative estimate of drug-likeness (QED) is 0.0534. The van der Waals surface area contributed by atoms with Gasteiger partial charge in [-0.15, -0.1) is 11.8 Å². The summed E-state index contributed by atoms with van der Waals surface area (Å²) < 4.78 is 0.527. The van der Waals surface area contributed by atoms with Crippen LogP contribution in [0.25, 0.3) is 0 Å². The van der Waals surface area contributed by atoms with Crippen molar-refractivity contribution >= 4 is 75.1 Å². The predicted molar refractivity (Wildman–Crippen MR) is 183 cm³/mol. The highest BCUT2D eigenvalue weighted by atomic mass is 35.5. The summed E-state index contributed by atoms with van der Waals surface area (Å²) in [4.78, 5) is 73.9. The number of amides is 2. The third-order valence-electron chi connectivity index (χ3n) is 8.91. The number of thioether (sulfide) groups is 1. The number of nitrogens with two attached hydrogens (primary N) is 1. The molecule has 268 valence electrons. The van der Waals surface area contributed by atoms with Crippen molar-refractivity contribution in [2.24, 2.45) is 11.1 Å². The number of nitrogen functional groups attached to an aromatic ring is 1. The highest BCUT2D eigenvalue weighted by molar-refractivity contribution is 8.00. The number of thiazole rings is 1. The number of aromatic hydroxyl groups is 2. The molecule has 50 heavy (non-hydrogen) atoms. The molecule has 5 rings (SSSR count). The molecule has 0 saturated carbocycles. The molecule has 3 aliphatic rings. The SMILES string of the molecule is C[C@H](O/N=C(\C(=O)CC1C(=O)N2C(C(=O)O)=C(C[N+]3(CCNC(=O)c4ccc(O)c(O)c4)CCCCC3)CSC12)c1nc(N)sc1Cl)C(=O)O. The number of oxime groups is 1. The van der Waals surface area contributed by atoms with Gasteiger partial charge in [0.25, 0.3) is 5.91 Å². The van der Waals surface area contributed by atoms with E-state index in [9.17, 15) is 44.4 Å². The molecule has 16 nitrogen and oxygen atoms in total. The third-order valence-corrected chi connectivity index (χ3v) is 11.4. The van der Waals surface area contributed by atoms with Gasteiger partial charge in [0.1, 0.15) is 22.3 Å². The van der Waals surface area contributed by atoms with Crippen LogP contribution in [0.1, 0.15) is 48.7 Å². The number of carbonyl (C=O) groups excluding carboxylic acids is 3. The van der Waals surface area contributed by atoms with E-state index in [2.05, 4.69) is 15.5 Å². The molecule has 3 atom stereocenters. The number of ketones is 1. The summed E-state index contributed by atoms with van der Waals surface area (Å²) in [6, 6.07) is 3.79. The Labute approximate surface area is 299 Å². The first-order chi connectivity index (χ1) is 23.7. The van der Waals surface area contributed by atoms with Crippen LogP contribution in [0.15, 0.2) is 34.6 Å². The first-order valence-electron chi connectivity index (χ1n) is 15.7. The molecule has 2 amide bonds. The Morgan fingerprint density at radius 1 is 1.18 bits per heavy atom. The molecule has 1 aromatic carbocycles. The minimum atomic E-state index is -1.40. The number of Topliss-reactive ketones (excluding diaryl/α,β-unsaturated/α-hetero) is 1. The lowest BCUT2D eigenvalue weighted by atomic mass is 9.89. The van der Waals surface area contributed by atoms with Gasteiger partial charge in [-0.2, -0.15) is 0 Å². The van der Waals surface area contributed by atoms with Crippen LogP contribution in [0.3, 0.4) is 0 Å². The predicted octanol–water partition coefficient (Wildman–Crippen LogP) is 2.24. The van der Waals surface area contributed by atoms with Gasteiger partial charge in [-0.05, 0) is 44.4 Å². The number of carboxylic acids is 2. The number of phenols is 2. The smallest absolute Gasteiger partial charge is 0.352 e. The lowest BCUT2D eigenvalue weighted by Gasteiger charge is -2.50. The molecular formula is C31H36ClN6O10S2+. The number of rotatable bonds is 14. The number of piperidine rings is 1. The Kier molecular flexibility index (Phi) is 11.2. The van der Waals surface area contributed by atoms with Crippen LogP contribution in [0.5, 0.6) is 11.5 Å². The number of nitrogens with one attached hydrogen (secondary N) is 1. The van der Waals surface area contributed by atoms with Crippen LogP contribution >= 0.6 is 34.7 Å². The zero-order valence-electron chi connectivity index (χ0n) is 26.8. The van der Waals surface area contributed by atoms with Crippen LogP contribution < -0.4 is 11.1 Å². The Bertz CT molecular complexity index is 1780. The summed E-state index contributed by atoms with van der Waals surface area (Å²) in [5, 5.41) is 44.8. The third kappa shape index (κ3) is 7.82. The van der Waals surface area contributed by atoms with Crippen molar-refractivity contribution in [1.82, 2.24) is 15.2 Å². The molecular weight excluding hydrogens is 716 g/mol. The average molecular weight is 752 g/mol. The molecule has 0 spiro atoms. The number of carbonyl (C=O) groups is 5. The Balaban J connectivity index is 1.31. The van der Waals surface area contributed by atoms with Crippen LogP contribution in [0.4, 0.5) is 5.13 Å². The van der Waals surface area contributed by atoms with E-state index in [0.29, 0.717) is 28.9 Å². The second-order valence-electron chi connectivity index (χ2n) is 12.3. The van der Waals surface area contributed by atoms with E-state index in [1.807, 2.05) is 0 Å². The van der Waals surface area contributed by atoms with Crippen LogP contribution in [0.2, 0.25) is 4.34 Å². The van der Waals surface area contributed by atoms with Gasteiger partial charge < -0.3 is 40.8 Å². The maximum Gasteiger partial charge on any atom is 0.352 e. The lowest BCUT2D eigenvalue weighted by molar-refractivity contribution is -0.927. The first-order valence-corrected chi connectivity index (χ1v) is 17.9. The molecule has 7 N–H and O–H groups in total. The molecule has 1 aromatic heterocycles. The molecule has 2 unspecified atom stereocenters. The zero-order chi connectivity index (χ0) is 36.3. The number of aromatic nitrogens is 1. The number of fused-ring (bicyclic) bond motifs is 1. The van der Waals surface area contributed by atoms with E-state index in [1.165, 1.54) is 41.8 Å². The van der Waals surface area contributed by atoms with Gasteiger partial charge in [-0.3, -0.25) is 19.3 Å². The molecule has 2 saturated heterocycles. The minimum Gasteiger partial charge on any atom is -0.504 e. The fourth-order valence-electron chi connectivity index (χ4n) is 6.32. The van der Waals surface area contributed by atoms with Gasteiger partial charge in [-0.1, -0.05) is 28.1 Å². The fourth-order valence-corrected chi connectivity index (χ4v) is 8.66. The highest BCUT2D eigenvalue weighted by Gasteiger charge is 2.55. The maximum absolute atomic E-state index is 13.5. The van der Waals surface area contributed by atoms with Gasteiger partial charge in [0, 0.05) is 23.3 Å². The number of hydrogen-bond acceptors (Lipinski definition) is 13. The number of quaternary nitrogens is 1. The number of hydrogen-bond donors (Lipinski definition) is 6. The van der Waals surface area contributed by atoms with Gasteiger partial charge in [0.05, 0.1) is 37.5 Å². The Hall–Kier alpha value is -4.39. The monoisotopic (exact) mass is 751 g/mol. The zero-order valence-corrected chi connectivity index (χ0v) is 29.2. The topological polar surface area (TPSA) is 242 Å². The lowest BCUT2D eigenvalue weighted by Crippen LogP contribution is -2.63. The minimum absolute atomic E-state index is 0.0181. The number of likely N-dealkylation sites (tertiary alicyclic amines) is 1. The maximum atomic E-state index is 13.5. The summed E-state index contributed by atoms with van der Waals surface area (Å²) in [6.45, 7) is 3.83. The second kappa shape index (κ2) is 15.2. The number of halogens is 1. The van der Waals surface area contributed by atoms with Gasteiger partial charge in [-0.25, -0.2) is 14.6 Å². The van der Waals surface area contributed by atoms with E-state index in [4.69, 9.17) is 22.2 Å². The summed E-state index contributed by atoms with van der Waals surface area (Å²) in [5.74, 6) is -5.62. The highest BCUT2D eigenvalue weighted by Crippen LogP contribution is 2.46. The van der Waals surface area contributed by atoms with Gasteiger partial charge >= 0.3 is 11.9 Å². The van der Waals surface area contributed by atoms with Crippen molar-refractivity contribution in [2.45, 2.75) is 44.1 Å². The van der Waals surface area contributed by atoms with Crippen LogP contribution in [-0.2, 0) is 24.0 Å². The second-order valence-corrected chi connectivity index (χ2v) is 15.0. The van der Waals surface area contributed by atoms with E-state index < -0.39 is 58.4 Å². The molecule has 0 bridgehead atoms. The van der Waals surface area contributed by atoms with Crippen LogP contribution in [-0.4, -0.2) is 120 Å². The number of phenolic OH excluding ortho intramolecular Hbond substituents is 2. The van der Waals surface area contributed by atoms with Crippen molar-refractivity contribution in [1.29, 1.82) is 0 Å². The van der Waals surface area contributed by atoms with Gasteiger partial charge in [0.15, 0.2) is 28.1 Å².